The van der Waals surface area contributed by atoms with Crippen molar-refractivity contribution in [2.45, 2.75) is 6.92 Å². The molecule has 108 valence electrons. The van der Waals surface area contributed by atoms with Crippen molar-refractivity contribution in [2.75, 3.05) is 12.4 Å². The lowest BCUT2D eigenvalue weighted by Crippen LogP contribution is -1.96. The first-order valence-corrected chi connectivity index (χ1v) is 7.27. The number of carbonyl (C=O) groups is 1. The van der Waals surface area contributed by atoms with E-state index in [0.29, 0.717) is 5.56 Å². The summed E-state index contributed by atoms with van der Waals surface area (Å²) in [5.41, 5.74) is 2.70. The Morgan fingerprint density at radius 2 is 1.90 bits per heavy atom. The van der Waals surface area contributed by atoms with Crippen molar-refractivity contribution in [2.24, 2.45) is 0 Å². The fourth-order valence-electron chi connectivity index (χ4n) is 1.80. The molecule has 21 heavy (non-hydrogen) atoms. The third-order valence-electron chi connectivity index (χ3n) is 3.02. The van der Waals surface area contributed by atoms with Gasteiger partial charge in [0.05, 0.1) is 7.11 Å². The summed E-state index contributed by atoms with van der Waals surface area (Å²) in [4.78, 5) is 12.0. The second-order valence-electron chi connectivity index (χ2n) is 4.53. The van der Waals surface area contributed by atoms with Crippen molar-refractivity contribution in [3.8, 4) is 5.75 Å². The van der Waals surface area contributed by atoms with Gasteiger partial charge in [-0.2, -0.15) is 0 Å². The monoisotopic (exact) mass is 345 g/mol. The minimum absolute atomic E-state index is 0.0565. The summed E-state index contributed by atoms with van der Waals surface area (Å²) in [5, 5.41) is 3.09. The van der Waals surface area contributed by atoms with E-state index in [-0.39, 0.29) is 5.78 Å². The second kappa shape index (κ2) is 7.09. The summed E-state index contributed by atoms with van der Waals surface area (Å²) < 4.78 is 6.12. The Hall–Kier alpha value is -2.07. The highest BCUT2D eigenvalue weighted by Crippen LogP contribution is 2.20. The van der Waals surface area contributed by atoms with Gasteiger partial charge < -0.3 is 10.1 Å². The van der Waals surface area contributed by atoms with E-state index in [2.05, 4.69) is 21.2 Å². The fraction of sp³-hybridized carbons (Fsp3) is 0.118. The van der Waals surface area contributed by atoms with Crippen molar-refractivity contribution in [1.29, 1.82) is 0 Å². The number of hydrogen-bond donors (Lipinski definition) is 1. The summed E-state index contributed by atoms with van der Waals surface area (Å²) in [6.45, 7) is 2.02. The van der Waals surface area contributed by atoms with Crippen LogP contribution in [0.25, 0.3) is 0 Å². The van der Waals surface area contributed by atoms with Gasteiger partial charge in [0.1, 0.15) is 5.75 Å². The van der Waals surface area contributed by atoms with E-state index in [4.69, 9.17) is 4.74 Å². The number of anilines is 1. The Labute approximate surface area is 132 Å². The number of carbonyl (C=O) groups excluding carboxylic acids is 1. The molecule has 0 aromatic heterocycles. The van der Waals surface area contributed by atoms with Crippen molar-refractivity contribution in [3.05, 3.63) is 70.3 Å². The van der Waals surface area contributed by atoms with Gasteiger partial charge >= 0.3 is 0 Å². The van der Waals surface area contributed by atoms with E-state index in [1.54, 1.807) is 37.6 Å². The Kier molecular flexibility index (Phi) is 5.17. The van der Waals surface area contributed by atoms with E-state index >= 15 is 0 Å². The van der Waals surface area contributed by atoms with E-state index in [1.807, 2.05) is 25.1 Å². The Morgan fingerprint density at radius 1 is 1.19 bits per heavy atom. The Morgan fingerprint density at radius 3 is 2.52 bits per heavy atom. The minimum Gasteiger partial charge on any atom is -0.497 e. The van der Waals surface area contributed by atoms with Crippen LogP contribution in [0.15, 0.2) is 59.2 Å². The maximum absolute atomic E-state index is 12.0. The van der Waals surface area contributed by atoms with Gasteiger partial charge in [0, 0.05) is 28.0 Å². The molecule has 0 saturated carbocycles. The van der Waals surface area contributed by atoms with Gasteiger partial charge in [0.2, 0.25) is 0 Å². The lowest BCUT2D eigenvalue weighted by atomic mass is 10.1. The summed E-state index contributed by atoms with van der Waals surface area (Å²) >= 11 is 3.45. The maximum Gasteiger partial charge on any atom is 0.187 e. The van der Waals surface area contributed by atoms with Crippen molar-refractivity contribution >= 4 is 27.4 Å². The molecule has 0 aliphatic carbocycles. The van der Waals surface area contributed by atoms with Gasteiger partial charge in [-0.25, -0.2) is 0 Å². The zero-order valence-electron chi connectivity index (χ0n) is 11.9. The molecule has 0 saturated heterocycles. The van der Waals surface area contributed by atoms with Crippen molar-refractivity contribution in [1.82, 2.24) is 0 Å². The number of nitrogens with one attached hydrogen (secondary N) is 1. The predicted octanol–water partition coefficient (Wildman–Crippen LogP) is 4.57. The average Bonchev–Trinajstić information content (AvgIpc) is 2.51. The van der Waals surface area contributed by atoms with Gasteiger partial charge in [-0.15, -0.1) is 0 Å². The van der Waals surface area contributed by atoms with Gasteiger partial charge in [-0.05, 0) is 55.0 Å². The molecular formula is C17H16BrNO2. The molecule has 0 bridgehead atoms. The zero-order chi connectivity index (χ0) is 15.2. The quantitative estimate of drug-likeness (QED) is 0.636. The predicted molar refractivity (Wildman–Crippen MR) is 89.0 cm³/mol. The van der Waals surface area contributed by atoms with Crippen LogP contribution in [0.4, 0.5) is 5.69 Å². The minimum atomic E-state index is -0.0565. The zero-order valence-corrected chi connectivity index (χ0v) is 13.5. The standard InChI is InChI=1S/C17H16BrNO2/c1-12-11-14(5-8-16(12)18)19-10-9-17(20)13-3-6-15(21-2)7-4-13/h3-11,19H,1-2H3. The number of ether oxygens (including phenoxy) is 1. The molecule has 0 atom stereocenters. The van der Waals surface area contributed by atoms with Crippen LogP contribution >= 0.6 is 15.9 Å². The van der Waals surface area contributed by atoms with E-state index in [9.17, 15) is 4.79 Å². The molecule has 1 N–H and O–H groups in total. The van der Waals surface area contributed by atoms with Crippen LogP contribution in [0.2, 0.25) is 0 Å². The normalized spacial score (nSPS) is 10.6. The smallest absolute Gasteiger partial charge is 0.187 e. The SMILES string of the molecule is COc1ccc(C(=O)C=CNc2ccc(Br)c(C)c2)cc1. The molecule has 0 aliphatic heterocycles. The number of aryl methyl sites for hydroxylation is 1. The molecule has 0 amide bonds. The highest BCUT2D eigenvalue weighted by atomic mass is 79.9. The van der Waals surface area contributed by atoms with Gasteiger partial charge in [0.15, 0.2) is 5.78 Å². The lowest BCUT2D eigenvalue weighted by molar-refractivity contribution is 0.104. The molecule has 0 aliphatic rings. The van der Waals surface area contributed by atoms with Gasteiger partial charge in [0.25, 0.3) is 0 Å². The maximum atomic E-state index is 12.0. The number of methoxy groups -OCH3 is 1. The van der Waals surface area contributed by atoms with Crippen molar-refractivity contribution in [3.63, 3.8) is 0 Å². The fourth-order valence-corrected chi connectivity index (χ4v) is 2.05. The molecule has 0 heterocycles. The van der Waals surface area contributed by atoms with Crippen molar-refractivity contribution < 1.29 is 9.53 Å². The topological polar surface area (TPSA) is 38.3 Å². The van der Waals surface area contributed by atoms with Gasteiger partial charge in [-0.1, -0.05) is 15.9 Å². The second-order valence-corrected chi connectivity index (χ2v) is 5.39. The first kappa shape index (κ1) is 15.3. The van der Waals surface area contributed by atoms with Crippen LogP contribution in [0.5, 0.6) is 5.75 Å². The van der Waals surface area contributed by atoms with E-state index in [0.717, 1.165) is 21.5 Å². The number of hydrogen-bond acceptors (Lipinski definition) is 3. The van der Waals surface area contributed by atoms with Crippen LogP contribution in [0.1, 0.15) is 15.9 Å². The van der Waals surface area contributed by atoms with Gasteiger partial charge in [-0.3, -0.25) is 4.79 Å². The first-order valence-electron chi connectivity index (χ1n) is 6.48. The highest BCUT2D eigenvalue weighted by Gasteiger charge is 2.01. The number of allylic oxidation sites excluding steroid dienone is 1. The van der Waals surface area contributed by atoms with Crippen LogP contribution in [-0.4, -0.2) is 12.9 Å². The molecule has 0 spiro atoms. The Balaban J connectivity index is 1.99. The third kappa shape index (κ3) is 4.20. The average molecular weight is 346 g/mol. The molecule has 0 unspecified atom stereocenters. The summed E-state index contributed by atoms with van der Waals surface area (Å²) in [5.74, 6) is 0.679. The Bertz CT molecular complexity index is 663. The van der Waals surface area contributed by atoms with E-state index < -0.39 is 0 Å². The molecular weight excluding hydrogens is 330 g/mol. The summed E-state index contributed by atoms with van der Waals surface area (Å²) in [7, 11) is 1.60. The molecule has 0 radical (unpaired) electrons. The molecule has 2 rings (SSSR count). The molecule has 2 aromatic rings. The number of halogens is 1. The third-order valence-corrected chi connectivity index (χ3v) is 3.91. The highest BCUT2D eigenvalue weighted by molar-refractivity contribution is 9.10. The van der Waals surface area contributed by atoms with Crippen LogP contribution in [0, 0.1) is 6.92 Å². The molecule has 3 nitrogen and oxygen atoms in total. The summed E-state index contributed by atoms with van der Waals surface area (Å²) in [6.07, 6.45) is 3.16. The lowest BCUT2D eigenvalue weighted by Gasteiger charge is -2.04. The van der Waals surface area contributed by atoms with Crippen LogP contribution in [0.3, 0.4) is 0 Å². The molecule has 4 heteroatoms. The number of rotatable bonds is 5. The number of benzene rings is 2. The largest absolute Gasteiger partial charge is 0.497 e. The number of ketones is 1. The van der Waals surface area contributed by atoms with E-state index in [1.165, 1.54) is 6.08 Å². The van der Waals surface area contributed by atoms with Crippen LogP contribution in [-0.2, 0) is 0 Å². The van der Waals surface area contributed by atoms with Crippen LogP contribution < -0.4 is 10.1 Å². The molecule has 0 fully saturated rings. The first-order chi connectivity index (χ1) is 10.1. The molecule has 2 aromatic carbocycles. The summed E-state index contributed by atoms with van der Waals surface area (Å²) in [6, 6.07) is 13.0.